The summed E-state index contributed by atoms with van der Waals surface area (Å²) in [6, 6.07) is 0. The predicted octanol–water partition coefficient (Wildman–Crippen LogP) is 2.21. The summed E-state index contributed by atoms with van der Waals surface area (Å²) in [6.45, 7) is 2.36. The van der Waals surface area contributed by atoms with Crippen LogP contribution in [0.1, 0.15) is 16.3 Å². The molecule has 100 valence electrons. The lowest BCUT2D eigenvalue weighted by Crippen LogP contribution is -2.34. The lowest BCUT2D eigenvalue weighted by Gasteiger charge is -2.26. The van der Waals surface area contributed by atoms with Crippen molar-refractivity contribution >= 4 is 39.5 Å². The monoisotopic (exact) mass is 358 g/mol. The third-order valence-electron chi connectivity index (χ3n) is 3.07. The predicted molar refractivity (Wildman–Crippen MR) is 79.9 cm³/mol. The summed E-state index contributed by atoms with van der Waals surface area (Å²) in [6.07, 6.45) is 0.739. The van der Waals surface area contributed by atoms with Crippen molar-refractivity contribution in [3.8, 4) is 0 Å². The van der Waals surface area contributed by atoms with Crippen LogP contribution < -0.4 is 5.56 Å². The Bertz CT molecular complexity index is 720. The van der Waals surface area contributed by atoms with Crippen LogP contribution in [0.3, 0.4) is 0 Å². The van der Waals surface area contributed by atoms with Gasteiger partial charge in [0, 0.05) is 29.7 Å². The van der Waals surface area contributed by atoms with Crippen LogP contribution in [0.5, 0.6) is 0 Å². The number of aromatic amines is 2. The van der Waals surface area contributed by atoms with Gasteiger partial charge >= 0.3 is 0 Å². The van der Waals surface area contributed by atoms with Crippen LogP contribution in [0.25, 0.3) is 0 Å². The van der Waals surface area contributed by atoms with Crippen LogP contribution in [0, 0.1) is 4.77 Å². The quantitative estimate of drug-likeness (QED) is 0.807. The molecule has 0 spiro atoms. The number of fused-ring (bicyclic) bond motifs is 1. The summed E-state index contributed by atoms with van der Waals surface area (Å²) in [5.41, 5.74) is 1.69. The van der Waals surface area contributed by atoms with Crippen LogP contribution in [0.4, 0.5) is 0 Å². The highest BCUT2D eigenvalue weighted by atomic mass is 79.9. The Morgan fingerprint density at radius 1 is 1.53 bits per heavy atom. The number of halogens is 1. The summed E-state index contributed by atoms with van der Waals surface area (Å²) in [7, 11) is 0. The highest BCUT2D eigenvalue weighted by Crippen LogP contribution is 2.20. The molecule has 1 aliphatic rings. The minimum Gasteiger partial charge on any atom is -0.334 e. The van der Waals surface area contributed by atoms with Crippen molar-refractivity contribution in [3.63, 3.8) is 0 Å². The van der Waals surface area contributed by atoms with Gasteiger partial charge in [-0.2, -0.15) is 0 Å². The van der Waals surface area contributed by atoms with E-state index in [1.165, 1.54) is 0 Å². The van der Waals surface area contributed by atoms with Crippen LogP contribution in [-0.2, 0) is 19.5 Å². The average molecular weight is 359 g/mol. The molecule has 0 bridgehead atoms. The lowest BCUT2D eigenvalue weighted by atomic mass is 10.1. The summed E-state index contributed by atoms with van der Waals surface area (Å²) >= 11 is 10.0. The summed E-state index contributed by atoms with van der Waals surface area (Å²) in [4.78, 5) is 24.1. The van der Waals surface area contributed by atoms with Crippen LogP contribution in [0.2, 0.25) is 0 Å². The smallest absolute Gasteiger partial charge is 0.255 e. The number of H-pyrrole nitrogens is 2. The first-order valence-electron chi connectivity index (χ1n) is 5.78. The molecule has 0 aromatic carbocycles. The molecule has 19 heavy (non-hydrogen) atoms. The second-order valence-electron chi connectivity index (χ2n) is 4.39. The maximum absolute atomic E-state index is 11.8. The van der Waals surface area contributed by atoms with Crippen molar-refractivity contribution in [2.75, 3.05) is 6.54 Å². The third kappa shape index (κ3) is 2.86. The Morgan fingerprint density at radius 3 is 3.11 bits per heavy atom. The second-order valence-corrected chi connectivity index (χ2v) is 6.55. The molecule has 0 fully saturated rings. The number of hydrogen-bond acceptors (Lipinski definition) is 5. The Hall–Kier alpha value is -0.830. The molecule has 8 heteroatoms. The van der Waals surface area contributed by atoms with Gasteiger partial charge in [-0.25, -0.2) is 4.98 Å². The molecule has 0 saturated heterocycles. The number of thiazole rings is 1. The first kappa shape index (κ1) is 13.2. The number of hydrogen-bond donors (Lipinski definition) is 2. The van der Waals surface area contributed by atoms with Crippen LogP contribution in [0.15, 0.2) is 14.8 Å². The van der Waals surface area contributed by atoms with Gasteiger partial charge in [0.05, 0.1) is 6.54 Å². The van der Waals surface area contributed by atoms with Gasteiger partial charge in [-0.3, -0.25) is 14.7 Å². The van der Waals surface area contributed by atoms with Gasteiger partial charge in [0.2, 0.25) is 0 Å². The fourth-order valence-electron chi connectivity index (χ4n) is 2.22. The molecular weight excluding hydrogens is 348 g/mol. The minimum atomic E-state index is -0.0598. The topological polar surface area (TPSA) is 64.8 Å². The van der Waals surface area contributed by atoms with Crippen molar-refractivity contribution in [1.82, 2.24) is 19.9 Å². The summed E-state index contributed by atoms with van der Waals surface area (Å²) in [5, 5.41) is 3.05. The van der Waals surface area contributed by atoms with E-state index in [4.69, 9.17) is 12.2 Å². The number of aromatic nitrogens is 3. The van der Waals surface area contributed by atoms with Crippen LogP contribution >= 0.6 is 39.5 Å². The second kappa shape index (κ2) is 5.28. The molecule has 3 rings (SSSR count). The first-order chi connectivity index (χ1) is 9.11. The van der Waals surface area contributed by atoms with E-state index in [2.05, 4.69) is 35.8 Å². The highest BCUT2D eigenvalue weighted by Gasteiger charge is 2.20. The molecule has 1 aliphatic heterocycles. The maximum Gasteiger partial charge on any atom is 0.255 e. The van der Waals surface area contributed by atoms with E-state index in [9.17, 15) is 4.79 Å². The van der Waals surface area contributed by atoms with Gasteiger partial charge < -0.3 is 4.98 Å². The Labute approximate surface area is 126 Å². The van der Waals surface area contributed by atoms with Crippen molar-refractivity contribution in [2.24, 2.45) is 0 Å². The molecule has 5 nitrogen and oxygen atoms in total. The molecule has 2 N–H and O–H groups in total. The molecule has 0 aliphatic carbocycles. The molecular formula is C11H11BrN4OS2. The van der Waals surface area contributed by atoms with Crippen molar-refractivity contribution in [3.05, 3.63) is 41.4 Å². The van der Waals surface area contributed by atoms with E-state index in [0.29, 0.717) is 11.3 Å². The van der Waals surface area contributed by atoms with Gasteiger partial charge in [0.25, 0.3) is 5.56 Å². The van der Waals surface area contributed by atoms with Gasteiger partial charge in [0.1, 0.15) is 9.61 Å². The zero-order chi connectivity index (χ0) is 13.4. The molecule has 0 saturated carbocycles. The van der Waals surface area contributed by atoms with E-state index in [1.54, 1.807) is 11.3 Å². The van der Waals surface area contributed by atoms with Gasteiger partial charge in [-0.1, -0.05) is 0 Å². The average Bonchev–Trinajstić information content (AvgIpc) is 2.74. The van der Waals surface area contributed by atoms with E-state index in [-0.39, 0.29) is 5.56 Å². The minimum absolute atomic E-state index is 0.0598. The molecule has 3 heterocycles. The summed E-state index contributed by atoms with van der Waals surface area (Å²) < 4.78 is 1.27. The molecule has 2 aromatic rings. The van der Waals surface area contributed by atoms with Crippen LogP contribution in [-0.4, -0.2) is 26.4 Å². The van der Waals surface area contributed by atoms with E-state index in [0.717, 1.165) is 40.4 Å². The normalized spacial score (nSPS) is 15.4. The van der Waals surface area contributed by atoms with E-state index >= 15 is 0 Å². The number of nitrogens with one attached hydrogen (secondary N) is 2. The highest BCUT2D eigenvalue weighted by molar-refractivity contribution is 9.10. The van der Waals surface area contributed by atoms with E-state index < -0.39 is 0 Å². The molecule has 0 radical (unpaired) electrons. The third-order valence-corrected chi connectivity index (χ3v) is 4.82. The molecule has 0 unspecified atom stereocenters. The Balaban J connectivity index is 1.82. The van der Waals surface area contributed by atoms with Crippen molar-refractivity contribution in [1.29, 1.82) is 0 Å². The van der Waals surface area contributed by atoms with Gasteiger partial charge in [-0.05, 0) is 34.6 Å². The zero-order valence-corrected chi connectivity index (χ0v) is 13.1. The van der Waals surface area contributed by atoms with Gasteiger partial charge in [-0.15, -0.1) is 11.3 Å². The SMILES string of the molecule is O=c1[nH]c(=S)[nH]c2c1CCN(Cc1nc(Br)cs1)C2. The van der Waals surface area contributed by atoms with Gasteiger partial charge in [0.15, 0.2) is 4.77 Å². The fraction of sp³-hybridized carbons (Fsp3) is 0.364. The number of rotatable bonds is 2. The lowest BCUT2D eigenvalue weighted by molar-refractivity contribution is 0.240. The Morgan fingerprint density at radius 2 is 2.37 bits per heavy atom. The molecule has 2 aromatic heterocycles. The largest absolute Gasteiger partial charge is 0.334 e. The zero-order valence-electron chi connectivity index (χ0n) is 9.90. The fourth-order valence-corrected chi connectivity index (χ4v) is 3.74. The number of nitrogens with zero attached hydrogens (tertiary/aromatic N) is 2. The van der Waals surface area contributed by atoms with Crippen molar-refractivity contribution in [2.45, 2.75) is 19.5 Å². The first-order valence-corrected chi connectivity index (χ1v) is 7.86. The summed E-state index contributed by atoms with van der Waals surface area (Å²) in [5.74, 6) is 0. The van der Waals surface area contributed by atoms with Crippen molar-refractivity contribution < 1.29 is 0 Å². The molecule has 0 atom stereocenters. The Kier molecular flexibility index (Phi) is 3.66. The molecule has 0 amide bonds. The standard InChI is InChI=1S/C11H11BrN4OS2/c12-8-5-19-9(14-8)4-16-2-1-6-7(3-16)13-11(18)15-10(6)17/h5H,1-4H2,(H2,13,15,17,18). The maximum atomic E-state index is 11.8. The van der Waals surface area contributed by atoms with E-state index in [1.807, 2.05) is 5.38 Å².